The van der Waals surface area contributed by atoms with Gasteiger partial charge in [0.25, 0.3) is 5.91 Å². The van der Waals surface area contributed by atoms with E-state index in [1.165, 1.54) is 5.56 Å². The summed E-state index contributed by atoms with van der Waals surface area (Å²) in [7, 11) is 0. The predicted octanol–water partition coefficient (Wildman–Crippen LogP) is 6.82. The monoisotopic (exact) mass is 591 g/mol. The number of carbonyl (C=O) groups is 2. The Balaban J connectivity index is 1.54. The quantitative estimate of drug-likeness (QED) is 0.187. The molecule has 224 valence electrons. The average molecular weight is 592 g/mol. The van der Waals surface area contributed by atoms with Gasteiger partial charge in [-0.15, -0.1) is 0 Å². The first-order chi connectivity index (χ1) is 20.4. The third-order valence-corrected chi connectivity index (χ3v) is 8.10. The Hall–Kier alpha value is -3.49. The van der Waals surface area contributed by atoms with Crippen molar-refractivity contribution in [2.75, 3.05) is 25.2 Å². The molecule has 42 heavy (non-hydrogen) atoms. The van der Waals surface area contributed by atoms with Crippen molar-refractivity contribution in [3.63, 3.8) is 0 Å². The van der Waals surface area contributed by atoms with E-state index >= 15 is 0 Å². The second-order valence-electron chi connectivity index (χ2n) is 10.6. The number of rotatable bonds is 15. The molecule has 3 aromatic rings. The molecule has 1 atom stereocenters. The van der Waals surface area contributed by atoms with Gasteiger partial charge in [0.1, 0.15) is 19.3 Å². The molecule has 8 heteroatoms. The lowest BCUT2D eigenvalue weighted by molar-refractivity contribution is -0.139. The molecule has 0 saturated carbocycles. The number of carboxylic acids is 1. The normalized spacial score (nSPS) is 13.0. The van der Waals surface area contributed by atoms with Crippen molar-refractivity contribution in [1.82, 2.24) is 5.32 Å². The van der Waals surface area contributed by atoms with Crippen molar-refractivity contribution in [1.29, 1.82) is 0 Å². The van der Waals surface area contributed by atoms with Gasteiger partial charge in [-0.2, -0.15) is 11.8 Å². The van der Waals surface area contributed by atoms with Crippen LogP contribution in [0, 0.1) is 6.92 Å². The fourth-order valence-corrected chi connectivity index (χ4v) is 5.54. The lowest BCUT2D eigenvalue weighted by Gasteiger charge is -2.21. The zero-order valence-electron chi connectivity index (χ0n) is 24.7. The van der Waals surface area contributed by atoms with E-state index in [9.17, 15) is 14.7 Å². The van der Waals surface area contributed by atoms with E-state index < -0.39 is 17.9 Å². The van der Waals surface area contributed by atoms with Crippen LogP contribution < -0.4 is 14.8 Å². The van der Waals surface area contributed by atoms with Crippen LogP contribution in [0.1, 0.15) is 65.2 Å². The number of amides is 1. The Kier molecular flexibility index (Phi) is 11.7. The molecule has 0 spiro atoms. The lowest BCUT2D eigenvalue weighted by Crippen LogP contribution is -2.41. The number of hydrogen-bond donors (Lipinski definition) is 2. The zero-order chi connectivity index (χ0) is 29.9. The zero-order valence-corrected chi connectivity index (χ0v) is 25.6. The number of aryl methyl sites for hydroxylation is 2. The molecule has 0 bridgehead atoms. The van der Waals surface area contributed by atoms with Crippen molar-refractivity contribution < 1.29 is 28.9 Å². The second-order valence-corrected chi connectivity index (χ2v) is 11.5. The summed E-state index contributed by atoms with van der Waals surface area (Å²) < 4.78 is 17.8. The van der Waals surface area contributed by atoms with Crippen LogP contribution in [-0.2, 0) is 29.2 Å². The van der Waals surface area contributed by atoms with Crippen LogP contribution in [0.25, 0.3) is 11.1 Å². The number of nitrogens with one attached hydrogen (secondary N) is 1. The van der Waals surface area contributed by atoms with E-state index in [0.29, 0.717) is 44.8 Å². The van der Waals surface area contributed by atoms with E-state index in [1.807, 2.05) is 55.6 Å². The summed E-state index contributed by atoms with van der Waals surface area (Å²) in [6.45, 7) is 6.05. The molecule has 0 unspecified atom stereocenters. The van der Waals surface area contributed by atoms with Crippen molar-refractivity contribution in [2.24, 2.45) is 0 Å². The predicted molar refractivity (Wildman–Crippen MR) is 168 cm³/mol. The van der Waals surface area contributed by atoms with Gasteiger partial charge >= 0.3 is 5.97 Å². The molecule has 4 rings (SSSR count). The number of aliphatic carboxylic acids is 1. The van der Waals surface area contributed by atoms with E-state index in [2.05, 4.69) is 18.3 Å². The molecule has 0 aliphatic carbocycles. The maximum absolute atomic E-state index is 13.4. The summed E-state index contributed by atoms with van der Waals surface area (Å²) in [5.74, 6) is 0.973. The van der Waals surface area contributed by atoms with Crippen LogP contribution in [0.4, 0.5) is 0 Å². The van der Waals surface area contributed by atoms with Gasteiger partial charge in [0, 0.05) is 5.56 Å². The molecule has 0 aromatic heterocycles. The third kappa shape index (κ3) is 8.29. The van der Waals surface area contributed by atoms with Crippen LogP contribution in [0.3, 0.4) is 0 Å². The van der Waals surface area contributed by atoms with Crippen molar-refractivity contribution in [2.45, 2.75) is 65.2 Å². The number of benzene rings is 3. The molecule has 2 N–H and O–H groups in total. The molecule has 1 amide bonds. The Morgan fingerprint density at radius 2 is 1.71 bits per heavy atom. The average Bonchev–Trinajstić information content (AvgIpc) is 2.99. The summed E-state index contributed by atoms with van der Waals surface area (Å²) in [5, 5.41) is 12.5. The van der Waals surface area contributed by atoms with Crippen LogP contribution in [0.2, 0.25) is 0 Å². The summed E-state index contributed by atoms with van der Waals surface area (Å²) in [4.78, 5) is 25.3. The highest BCUT2D eigenvalue weighted by atomic mass is 32.2. The van der Waals surface area contributed by atoms with Gasteiger partial charge < -0.3 is 24.6 Å². The van der Waals surface area contributed by atoms with Crippen LogP contribution in [0.5, 0.6) is 11.5 Å². The van der Waals surface area contributed by atoms with Crippen LogP contribution in [-0.4, -0.2) is 48.2 Å². The number of fused-ring (bicyclic) bond motifs is 1. The lowest BCUT2D eigenvalue weighted by atomic mass is 9.93. The van der Waals surface area contributed by atoms with Gasteiger partial charge in [0.05, 0.1) is 13.2 Å². The first-order valence-electron chi connectivity index (χ1n) is 14.6. The standard InChI is InChI=1S/C34H41NO6S/c1-4-5-10-25-19-31-32(41-16-15-40-31)20-26(25)22-39-21-24-13-14-28(29(18-24)27-11-7-6-9-23(27)2)33(36)35-30(34(37)38)12-8-17-42-3/h6-7,9,11,13-14,18-20,30H,4-5,8,10,12,15-17,21-22H2,1-3H3,(H,35,36)(H,37,38)/t30-/m0/s1. The fourth-order valence-electron chi connectivity index (χ4n) is 5.09. The van der Waals surface area contributed by atoms with Gasteiger partial charge in [-0.3, -0.25) is 4.79 Å². The van der Waals surface area contributed by atoms with Crippen molar-refractivity contribution in [3.05, 3.63) is 82.4 Å². The van der Waals surface area contributed by atoms with E-state index in [4.69, 9.17) is 14.2 Å². The molecule has 1 aliphatic rings. The van der Waals surface area contributed by atoms with Gasteiger partial charge in [-0.1, -0.05) is 43.7 Å². The van der Waals surface area contributed by atoms with Gasteiger partial charge in [-0.25, -0.2) is 4.79 Å². The largest absolute Gasteiger partial charge is 0.486 e. The Labute approximate surface area is 253 Å². The highest BCUT2D eigenvalue weighted by Gasteiger charge is 2.23. The minimum atomic E-state index is -1.02. The molecule has 0 radical (unpaired) electrons. The van der Waals surface area contributed by atoms with Crippen LogP contribution in [0.15, 0.2) is 54.6 Å². The number of hydrogen-bond acceptors (Lipinski definition) is 6. The van der Waals surface area contributed by atoms with E-state index in [1.54, 1.807) is 17.8 Å². The highest BCUT2D eigenvalue weighted by molar-refractivity contribution is 7.98. The maximum Gasteiger partial charge on any atom is 0.326 e. The number of carbonyl (C=O) groups excluding carboxylic acids is 1. The summed E-state index contributed by atoms with van der Waals surface area (Å²) in [6.07, 6.45) is 6.20. The van der Waals surface area contributed by atoms with E-state index in [-0.39, 0.29) is 0 Å². The topological polar surface area (TPSA) is 94.1 Å². The molecule has 1 heterocycles. The Morgan fingerprint density at radius 3 is 2.40 bits per heavy atom. The Bertz CT molecular complexity index is 1370. The molecular formula is C34H41NO6S. The summed E-state index contributed by atoms with van der Waals surface area (Å²) in [6, 6.07) is 16.7. The summed E-state index contributed by atoms with van der Waals surface area (Å²) >= 11 is 1.66. The molecular weight excluding hydrogens is 550 g/mol. The van der Waals surface area contributed by atoms with Gasteiger partial charge in [-0.05, 0) is 102 Å². The minimum Gasteiger partial charge on any atom is -0.486 e. The molecule has 1 aliphatic heterocycles. The van der Waals surface area contributed by atoms with E-state index in [0.717, 1.165) is 64.3 Å². The first-order valence-corrected chi connectivity index (χ1v) is 16.0. The first kappa shape index (κ1) is 31.4. The van der Waals surface area contributed by atoms with Crippen molar-refractivity contribution >= 4 is 23.6 Å². The SMILES string of the molecule is CCCCc1cc2c(cc1COCc1ccc(C(=O)N[C@@H](CCCSC)C(=O)O)c(-c3ccccc3C)c1)OCCO2. The number of carboxylic acid groups (broad SMARTS) is 1. The van der Waals surface area contributed by atoms with Crippen molar-refractivity contribution in [3.8, 4) is 22.6 Å². The maximum atomic E-state index is 13.4. The van der Waals surface area contributed by atoms with Crippen LogP contribution >= 0.6 is 11.8 Å². The molecule has 0 fully saturated rings. The second kappa shape index (κ2) is 15.7. The number of unbranched alkanes of at least 4 members (excludes halogenated alkanes) is 1. The van der Waals surface area contributed by atoms with Gasteiger partial charge in [0.2, 0.25) is 0 Å². The molecule has 0 saturated heterocycles. The minimum absolute atomic E-state index is 0.356. The third-order valence-electron chi connectivity index (χ3n) is 7.40. The molecule has 7 nitrogen and oxygen atoms in total. The number of thioether (sulfide) groups is 1. The summed E-state index contributed by atoms with van der Waals surface area (Å²) in [5.41, 5.74) is 6.36. The van der Waals surface area contributed by atoms with Gasteiger partial charge in [0.15, 0.2) is 11.5 Å². The smallest absolute Gasteiger partial charge is 0.326 e. The Morgan fingerprint density at radius 1 is 0.976 bits per heavy atom. The number of ether oxygens (including phenoxy) is 3. The fraction of sp³-hybridized carbons (Fsp3) is 0.412. The molecule has 3 aromatic carbocycles. The highest BCUT2D eigenvalue weighted by Crippen LogP contribution is 2.34.